The van der Waals surface area contributed by atoms with Gasteiger partial charge in [0.05, 0.1) is 24.5 Å². The summed E-state index contributed by atoms with van der Waals surface area (Å²) in [5.41, 5.74) is 1.51. The summed E-state index contributed by atoms with van der Waals surface area (Å²) in [5.74, 6) is 1.16. The molecule has 1 N–H and O–H groups in total. The molecule has 1 aromatic carbocycles. The maximum atomic E-state index is 12.2. The Labute approximate surface area is 157 Å². The molecule has 27 heavy (non-hydrogen) atoms. The van der Waals surface area contributed by atoms with Gasteiger partial charge in [0.2, 0.25) is 5.91 Å². The molecule has 0 bridgehead atoms. The molecule has 0 radical (unpaired) electrons. The van der Waals surface area contributed by atoms with Crippen LogP contribution in [0.4, 0.5) is 16.2 Å². The van der Waals surface area contributed by atoms with E-state index in [0.29, 0.717) is 23.8 Å². The fourth-order valence-electron chi connectivity index (χ4n) is 2.79. The van der Waals surface area contributed by atoms with Gasteiger partial charge in [-0.05, 0) is 26.0 Å². The van der Waals surface area contributed by atoms with Gasteiger partial charge in [0.25, 0.3) is 0 Å². The SMILES string of the molecule is CC(=O)NCC1CN(c2ccc3c(c2)OCC(=NOC(C)C)N3C)C(=O)O1. The molecular weight excluding hydrogens is 352 g/mol. The molecule has 0 saturated carbocycles. The normalized spacial score (nSPS) is 20.4. The molecule has 1 fully saturated rings. The molecule has 1 aromatic rings. The first-order valence-corrected chi connectivity index (χ1v) is 8.81. The van der Waals surface area contributed by atoms with Crippen molar-refractivity contribution >= 4 is 29.2 Å². The van der Waals surface area contributed by atoms with Crippen molar-refractivity contribution in [2.45, 2.75) is 33.0 Å². The Balaban J connectivity index is 1.73. The van der Waals surface area contributed by atoms with Crippen LogP contribution in [0.25, 0.3) is 0 Å². The molecule has 146 valence electrons. The maximum Gasteiger partial charge on any atom is 0.414 e. The summed E-state index contributed by atoms with van der Waals surface area (Å²) in [7, 11) is 1.89. The van der Waals surface area contributed by atoms with Crippen LogP contribution in [0.3, 0.4) is 0 Å². The number of anilines is 2. The Kier molecular flexibility index (Phi) is 5.38. The summed E-state index contributed by atoms with van der Waals surface area (Å²) >= 11 is 0. The number of amides is 2. The zero-order chi connectivity index (χ0) is 19.6. The number of cyclic esters (lactones) is 1. The van der Waals surface area contributed by atoms with E-state index < -0.39 is 6.09 Å². The van der Waals surface area contributed by atoms with Crippen molar-refractivity contribution < 1.29 is 23.9 Å². The van der Waals surface area contributed by atoms with Gasteiger partial charge in [-0.2, -0.15) is 0 Å². The predicted octanol–water partition coefficient (Wildman–Crippen LogP) is 1.71. The highest BCUT2D eigenvalue weighted by molar-refractivity contribution is 6.01. The number of ether oxygens (including phenoxy) is 2. The Morgan fingerprint density at radius 3 is 2.93 bits per heavy atom. The fourth-order valence-corrected chi connectivity index (χ4v) is 2.79. The lowest BCUT2D eigenvalue weighted by atomic mass is 10.2. The van der Waals surface area contributed by atoms with Crippen LogP contribution < -0.4 is 19.9 Å². The van der Waals surface area contributed by atoms with Gasteiger partial charge >= 0.3 is 6.09 Å². The van der Waals surface area contributed by atoms with Gasteiger partial charge in [0, 0.05) is 20.0 Å². The number of carbonyl (C=O) groups is 2. The van der Waals surface area contributed by atoms with E-state index in [-0.39, 0.29) is 31.3 Å². The van der Waals surface area contributed by atoms with Crippen molar-refractivity contribution in [3.8, 4) is 5.75 Å². The monoisotopic (exact) mass is 376 g/mol. The summed E-state index contributed by atoms with van der Waals surface area (Å²) in [6.45, 7) is 6.16. The summed E-state index contributed by atoms with van der Waals surface area (Å²) in [4.78, 5) is 31.9. The molecule has 2 aliphatic heterocycles. The first kappa shape index (κ1) is 18.8. The van der Waals surface area contributed by atoms with E-state index in [1.807, 2.05) is 37.9 Å². The summed E-state index contributed by atoms with van der Waals surface area (Å²) in [5, 5.41) is 6.78. The van der Waals surface area contributed by atoms with E-state index >= 15 is 0 Å². The van der Waals surface area contributed by atoms with Crippen LogP contribution in [0.1, 0.15) is 20.8 Å². The van der Waals surface area contributed by atoms with Gasteiger partial charge in [0.15, 0.2) is 5.84 Å². The third-order valence-electron chi connectivity index (χ3n) is 4.18. The molecule has 0 aliphatic carbocycles. The number of nitrogens with zero attached hydrogens (tertiary/aromatic N) is 3. The van der Waals surface area contributed by atoms with Gasteiger partial charge in [-0.25, -0.2) is 4.79 Å². The summed E-state index contributed by atoms with van der Waals surface area (Å²) in [6.07, 6.45) is -0.837. The molecule has 1 saturated heterocycles. The Hall–Kier alpha value is -2.97. The summed E-state index contributed by atoms with van der Waals surface area (Å²) < 4.78 is 11.1. The molecule has 0 spiro atoms. The molecular formula is C18H24N4O5. The smallest absolute Gasteiger partial charge is 0.414 e. The number of rotatable bonds is 5. The van der Waals surface area contributed by atoms with Crippen molar-refractivity contribution in [3.05, 3.63) is 18.2 Å². The van der Waals surface area contributed by atoms with E-state index in [4.69, 9.17) is 14.3 Å². The number of fused-ring (bicyclic) bond motifs is 1. The standard InChI is InChI=1S/C18H24N4O5/c1-11(2)27-20-17-10-25-16-7-13(5-6-15(16)21(17)4)22-9-14(26-18(22)24)8-19-12(3)23/h5-7,11,14H,8-10H2,1-4H3,(H,19,23). The van der Waals surface area contributed by atoms with Crippen molar-refractivity contribution in [1.82, 2.24) is 5.32 Å². The Bertz CT molecular complexity index is 764. The fraction of sp³-hybridized carbons (Fsp3) is 0.500. The van der Waals surface area contributed by atoms with Crippen LogP contribution in [0, 0.1) is 0 Å². The Morgan fingerprint density at radius 2 is 2.22 bits per heavy atom. The van der Waals surface area contributed by atoms with Crippen molar-refractivity contribution in [2.75, 3.05) is 36.5 Å². The molecule has 9 heteroatoms. The third kappa shape index (κ3) is 4.24. The van der Waals surface area contributed by atoms with Crippen LogP contribution in [0.5, 0.6) is 5.75 Å². The van der Waals surface area contributed by atoms with Gasteiger partial charge < -0.3 is 24.5 Å². The van der Waals surface area contributed by atoms with E-state index in [1.165, 1.54) is 11.8 Å². The number of hydrogen-bond donors (Lipinski definition) is 1. The van der Waals surface area contributed by atoms with Crippen LogP contribution in [0.15, 0.2) is 23.4 Å². The van der Waals surface area contributed by atoms with E-state index in [2.05, 4.69) is 10.5 Å². The van der Waals surface area contributed by atoms with Crippen molar-refractivity contribution in [1.29, 1.82) is 0 Å². The lowest BCUT2D eigenvalue weighted by Gasteiger charge is -2.29. The Morgan fingerprint density at radius 1 is 1.44 bits per heavy atom. The van der Waals surface area contributed by atoms with E-state index in [1.54, 1.807) is 6.07 Å². The highest BCUT2D eigenvalue weighted by Gasteiger charge is 2.33. The molecule has 9 nitrogen and oxygen atoms in total. The second kappa shape index (κ2) is 7.73. The van der Waals surface area contributed by atoms with Crippen LogP contribution in [0.2, 0.25) is 0 Å². The quantitative estimate of drug-likeness (QED) is 0.787. The lowest BCUT2D eigenvalue weighted by molar-refractivity contribution is -0.119. The molecule has 1 atom stereocenters. The van der Waals surface area contributed by atoms with E-state index in [0.717, 1.165) is 5.69 Å². The van der Waals surface area contributed by atoms with Gasteiger partial charge in [-0.1, -0.05) is 5.16 Å². The first-order valence-electron chi connectivity index (χ1n) is 8.81. The molecule has 2 heterocycles. The minimum Gasteiger partial charge on any atom is -0.483 e. The largest absolute Gasteiger partial charge is 0.483 e. The topological polar surface area (TPSA) is 92.7 Å². The molecule has 1 unspecified atom stereocenters. The molecule has 2 aliphatic rings. The average Bonchev–Trinajstić information content (AvgIpc) is 3.00. The summed E-state index contributed by atoms with van der Waals surface area (Å²) in [6, 6.07) is 5.49. The zero-order valence-corrected chi connectivity index (χ0v) is 15.9. The predicted molar refractivity (Wildman–Crippen MR) is 100 cm³/mol. The minimum absolute atomic E-state index is 0.0127. The number of amidine groups is 1. The first-order chi connectivity index (χ1) is 12.8. The number of oxime groups is 1. The van der Waals surface area contributed by atoms with Crippen molar-refractivity contribution in [3.63, 3.8) is 0 Å². The minimum atomic E-state index is -0.443. The van der Waals surface area contributed by atoms with Crippen molar-refractivity contribution in [2.24, 2.45) is 5.16 Å². The average molecular weight is 376 g/mol. The van der Waals surface area contributed by atoms with Crippen LogP contribution >= 0.6 is 0 Å². The van der Waals surface area contributed by atoms with Crippen LogP contribution in [-0.4, -0.2) is 56.8 Å². The highest BCUT2D eigenvalue weighted by atomic mass is 16.6. The number of carbonyl (C=O) groups excluding carboxylic acids is 2. The van der Waals surface area contributed by atoms with E-state index in [9.17, 15) is 9.59 Å². The number of hydrogen-bond acceptors (Lipinski definition) is 6. The van der Waals surface area contributed by atoms with Crippen LogP contribution in [-0.2, 0) is 14.4 Å². The number of likely N-dealkylation sites (N-methyl/N-ethyl adjacent to an activating group) is 1. The van der Waals surface area contributed by atoms with Gasteiger partial charge in [-0.15, -0.1) is 0 Å². The van der Waals surface area contributed by atoms with Gasteiger partial charge in [-0.3, -0.25) is 9.69 Å². The number of nitrogens with one attached hydrogen (secondary N) is 1. The molecule has 3 rings (SSSR count). The van der Waals surface area contributed by atoms with Gasteiger partial charge in [0.1, 0.15) is 24.6 Å². The zero-order valence-electron chi connectivity index (χ0n) is 15.9. The lowest BCUT2D eigenvalue weighted by Crippen LogP contribution is -2.36. The maximum absolute atomic E-state index is 12.2. The highest BCUT2D eigenvalue weighted by Crippen LogP contribution is 2.36. The number of benzene rings is 1. The second-order valence-corrected chi connectivity index (χ2v) is 6.71. The second-order valence-electron chi connectivity index (χ2n) is 6.71. The molecule has 2 amide bonds. The molecule has 0 aromatic heterocycles. The third-order valence-corrected chi connectivity index (χ3v) is 4.18.